The van der Waals surface area contributed by atoms with Gasteiger partial charge in [-0.2, -0.15) is 0 Å². The highest BCUT2D eigenvalue weighted by Gasteiger charge is 2.32. The average Bonchev–Trinajstić information content (AvgIpc) is 2.11. The van der Waals surface area contributed by atoms with E-state index in [4.69, 9.17) is 0 Å². The van der Waals surface area contributed by atoms with Crippen LogP contribution in [-0.4, -0.2) is 44.7 Å². The maximum absolute atomic E-state index is 12.4. The van der Waals surface area contributed by atoms with Crippen molar-refractivity contribution in [3.8, 4) is 0 Å². The molecule has 13 heavy (non-hydrogen) atoms. The molecule has 0 aromatic rings. The molecule has 80 valence electrons. The van der Waals surface area contributed by atoms with E-state index in [2.05, 4.69) is 4.74 Å². The van der Waals surface area contributed by atoms with Crippen molar-refractivity contribution in [1.29, 1.82) is 0 Å². The summed E-state index contributed by atoms with van der Waals surface area (Å²) in [6.45, 7) is 3.85. The summed E-state index contributed by atoms with van der Waals surface area (Å²) in [5.74, 6) is -2.38. The minimum absolute atomic E-state index is 0.0312. The fraction of sp³-hybridized carbons (Fsp3) is 1.00. The largest absolute Gasteiger partial charge is 0.385 e. The quantitative estimate of drug-likeness (QED) is 0.634. The lowest BCUT2D eigenvalue weighted by Crippen LogP contribution is -2.36. The number of piperidine rings is 1. The van der Waals surface area contributed by atoms with Gasteiger partial charge in [-0.05, 0) is 14.0 Å². The molecule has 0 N–H and O–H groups in total. The van der Waals surface area contributed by atoms with Crippen molar-refractivity contribution < 1.29 is 13.5 Å². The number of rotatable bonds is 1. The van der Waals surface area contributed by atoms with Crippen LogP contribution in [0, 0.1) is 0 Å². The molecule has 1 fully saturated rings. The number of likely N-dealkylation sites (tertiary alicyclic amines) is 1. The molecule has 1 aliphatic heterocycles. The van der Waals surface area contributed by atoms with Crippen molar-refractivity contribution in [3.63, 3.8) is 0 Å². The summed E-state index contributed by atoms with van der Waals surface area (Å²) in [5, 5.41) is 0. The van der Waals surface area contributed by atoms with Gasteiger partial charge in [0.15, 0.2) is 0 Å². The van der Waals surface area contributed by atoms with Gasteiger partial charge in [-0.15, -0.1) is 0 Å². The van der Waals surface area contributed by atoms with Crippen LogP contribution >= 0.6 is 0 Å². The molecule has 1 saturated heterocycles. The monoisotopic (exact) mass is 195 g/mol. The lowest BCUT2D eigenvalue weighted by atomic mass is 10.1. The summed E-state index contributed by atoms with van der Waals surface area (Å²) >= 11 is 0. The number of methoxy groups -OCH3 is 1. The lowest BCUT2D eigenvalue weighted by molar-refractivity contribution is -0.0504. The Morgan fingerprint density at radius 1 is 1.31 bits per heavy atom. The topological polar surface area (TPSA) is 12.5 Å². The Bertz CT molecular complexity index is 119. The van der Waals surface area contributed by atoms with Gasteiger partial charge in [-0.1, -0.05) is 0 Å². The lowest BCUT2D eigenvalue weighted by Gasteiger charge is -2.28. The van der Waals surface area contributed by atoms with Crippen molar-refractivity contribution >= 4 is 0 Å². The van der Waals surface area contributed by atoms with Gasteiger partial charge < -0.3 is 9.64 Å². The van der Waals surface area contributed by atoms with Gasteiger partial charge in [0.25, 0.3) is 5.92 Å². The van der Waals surface area contributed by atoms with Gasteiger partial charge >= 0.3 is 0 Å². The molecule has 0 radical (unpaired) electrons. The second-order valence-electron chi connectivity index (χ2n) is 3.24. The molecule has 1 aliphatic rings. The molecule has 1 heterocycles. The zero-order valence-corrected chi connectivity index (χ0v) is 8.65. The van der Waals surface area contributed by atoms with Crippen molar-refractivity contribution in [1.82, 2.24) is 4.90 Å². The summed E-state index contributed by atoms with van der Waals surface area (Å²) in [6.07, 6.45) is 0.0625. The van der Waals surface area contributed by atoms with Gasteiger partial charge in [-0.3, -0.25) is 0 Å². The molecule has 4 heteroatoms. The van der Waals surface area contributed by atoms with E-state index in [0.717, 1.165) is 6.61 Å². The second kappa shape index (κ2) is 6.27. The fourth-order valence-corrected chi connectivity index (χ4v) is 0.946. The third-order valence-electron chi connectivity index (χ3n) is 2.01. The van der Waals surface area contributed by atoms with Gasteiger partial charge in [-0.25, -0.2) is 8.78 Å². The van der Waals surface area contributed by atoms with E-state index in [0.29, 0.717) is 13.1 Å². The van der Waals surface area contributed by atoms with E-state index in [1.165, 1.54) is 0 Å². The Hall–Kier alpha value is -0.220. The Morgan fingerprint density at radius 3 is 1.92 bits per heavy atom. The van der Waals surface area contributed by atoms with Crippen molar-refractivity contribution in [2.75, 3.05) is 33.9 Å². The first-order chi connectivity index (χ1) is 6.02. The Morgan fingerprint density at radius 2 is 1.69 bits per heavy atom. The minimum atomic E-state index is -2.38. The van der Waals surface area contributed by atoms with Crippen LogP contribution < -0.4 is 0 Å². The molecule has 0 aliphatic carbocycles. The first-order valence-corrected chi connectivity index (χ1v) is 4.57. The predicted octanol–water partition coefficient (Wildman–Crippen LogP) is 2.00. The summed E-state index contributed by atoms with van der Waals surface area (Å²) in [5.41, 5.74) is 0. The maximum Gasteiger partial charge on any atom is 0.250 e. The zero-order chi connectivity index (χ0) is 10.3. The number of halogens is 2. The highest BCUT2D eigenvalue weighted by atomic mass is 19.3. The smallest absolute Gasteiger partial charge is 0.250 e. The van der Waals surface area contributed by atoms with Crippen LogP contribution in [0.5, 0.6) is 0 Å². The van der Waals surface area contributed by atoms with E-state index >= 15 is 0 Å². The number of alkyl halides is 2. The van der Waals surface area contributed by atoms with Gasteiger partial charge in [0.05, 0.1) is 0 Å². The number of nitrogens with zero attached hydrogens (tertiary/aromatic N) is 1. The van der Waals surface area contributed by atoms with Crippen LogP contribution in [0.15, 0.2) is 0 Å². The highest BCUT2D eigenvalue weighted by Crippen LogP contribution is 2.26. The molecule has 0 amide bonds. The molecule has 0 aromatic heterocycles. The van der Waals surface area contributed by atoms with E-state index in [-0.39, 0.29) is 12.8 Å². The fourth-order valence-electron chi connectivity index (χ4n) is 0.946. The summed E-state index contributed by atoms with van der Waals surface area (Å²) in [4.78, 5) is 1.93. The van der Waals surface area contributed by atoms with E-state index in [1.807, 2.05) is 18.9 Å². The predicted molar refractivity (Wildman–Crippen MR) is 49.2 cm³/mol. The van der Waals surface area contributed by atoms with Crippen LogP contribution in [0.2, 0.25) is 0 Å². The van der Waals surface area contributed by atoms with Crippen molar-refractivity contribution in [2.24, 2.45) is 0 Å². The summed E-state index contributed by atoms with van der Waals surface area (Å²) < 4.78 is 29.2. The first-order valence-electron chi connectivity index (χ1n) is 4.57. The van der Waals surface area contributed by atoms with E-state index in [1.54, 1.807) is 7.11 Å². The Labute approximate surface area is 78.9 Å². The molecular weight excluding hydrogens is 176 g/mol. The number of hydrogen-bond donors (Lipinski definition) is 0. The maximum atomic E-state index is 12.4. The van der Waals surface area contributed by atoms with E-state index < -0.39 is 5.92 Å². The third kappa shape index (κ3) is 6.90. The van der Waals surface area contributed by atoms with Crippen molar-refractivity contribution in [3.05, 3.63) is 0 Å². The Balaban J connectivity index is 0.000000310. The van der Waals surface area contributed by atoms with Crippen molar-refractivity contribution in [2.45, 2.75) is 25.7 Å². The molecule has 0 saturated carbocycles. The van der Waals surface area contributed by atoms with Gasteiger partial charge in [0.2, 0.25) is 0 Å². The summed E-state index contributed by atoms with van der Waals surface area (Å²) in [7, 11) is 3.55. The molecule has 0 unspecified atom stereocenters. The van der Waals surface area contributed by atoms with Crippen LogP contribution in [0.4, 0.5) is 8.78 Å². The van der Waals surface area contributed by atoms with Gasteiger partial charge in [0, 0.05) is 39.6 Å². The first kappa shape index (κ1) is 12.8. The van der Waals surface area contributed by atoms with E-state index in [9.17, 15) is 8.78 Å². The molecule has 0 spiro atoms. The van der Waals surface area contributed by atoms with Crippen LogP contribution in [-0.2, 0) is 4.74 Å². The average molecular weight is 195 g/mol. The Kier molecular flexibility index (Phi) is 6.16. The molecule has 0 bridgehead atoms. The normalized spacial score (nSPS) is 21.9. The minimum Gasteiger partial charge on any atom is -0.385 e. The summed E-state index contributed by atoms with van der Waals surface area (Å²) in [6, 6.07) is 0. The van der Waals surface area contributed by atoms with Crippen LogP contribution in [0.1, 0.15) is 19.8 Å². The molecule has 2 nitrogen and oxygen atoms in total. The molecule has 1 rings (SSSR count). The SMILES string of the molecule is CCOC.CN1CCC(F)(F)CC1. The third-order valence-corrected chi connectivity index (χ3v) is 2.01. The molecule has 0 aromatic carbocycles. The number of ether oxygens (including phenoxy) is 1. The standard InChI is InChI=1S/C6H11F2N.C3H8O/c1-9-4-2-6(7,8)3-5-9;1-3-4-2/h2-5H2,1H3;3H2,1-2H3. The highest BCUT2D eigenvalue weighted by molar-refractivity contribution is 4.75. The molecule has 0 atom stereocenters. The van der Waals surface area contributed by atoms with Gasteiger partial charge in [0.1, 0.15) is 0 Å². The second-order valence-corrected chi connectivity index (χ2v) is 3.24. The molecular formula is C9H19F2NO. The van der Waals surface area contributed by atoms with Crippen LogP contribution in [0.25, 0.3) is 0 Å². The zero-order valence-electron chi connectivity index (χ0n) is 8.65. The van der Waals surface area contributed by atoms with Crippen LogP contribution in [0.3, 0.4) is 0 Å². The number of hydrogen-bond acceptors (Lipinski definition) is 2.